The van der Waals surface area contributed by atoms with Gasteiger partial charge in [0.05, 0.1) is 27.0 Å². The highest BCUT2D eigenvalue weighted by molar-refractivity contribution is 6.10. The standard InChI is InChI=1S/C32H30F2N2O5/c1-17-28(32(38)36-23-11-10-21(33)16-22(23)34)29(20-14-26(39-2)31(41-4)27(15-20)40-3)30-24(35-17)12-19(13-25(30)37)18-8-6-5-7-9-18/h5-11,14-16,19,29,35H,12-13H2,1-4H3,(H,36,38). The Bertz CT molecular complexity index is 1560. The highest BCUT2D eigenvalue weighted by atomic mass is 19.1. The smallest absolute Gasteiger partial charge is 0.254 e. The van der Waals surface area contributed by atoms with Gasteiger partial charge in [-0.1, -0.05) is 30.3 Å². The molecule has 1 amide bonds. The van der Waals surface area contributed by atoms with Gasteiger partial charge in [-0.2, -0.15) is 0 Å². The third-order valence-electron chi connectivity index (χ3n) is 7.54. The van der Waals surface area contributed by atoms with Crippen LogP contribution in [0.4, 0.5) is 14.5 Å². The molecular weight excluding hydrogens is 530 g/mol. The molecule has 0 spiro atoms. The van der Waals surface area contributed by atoms with Gasteiger partial charge < -0.3 is 24.8 Å². The van der Waals surface area contributed by atoms with Crippen LogP contribution >= 0.6 is 0 Å². The zero-order chi connectivity index (χ0) is 29.3. The number of ketones is 1. The van der Waals surface area contributed by atoms with E-state index in [1.54, 1.807) is 19.1 Å². The molecule has 0 bridgehead atoms. The fourth-order valence-electron chi connectivity index (χ4n) is 5.68. The van der Waals surface area contributed by atoms with E-state index >= 15 is 0 Å². The van der Waals surface area contributed by atoms with Crippen LogP contribution in [0.5, 0.6) is 17.2 Å². The highest BCUT2D eigenvalue weighted by Gasteiger charge is 2.41. The molecule has 0 fully saturated rings. The van der Waals surface area contributed by atoms with Gasteiger partial charge in [-0.3, -0.25) is 9.59 Å². The Labute approximate surface area is 236 Å². The quantitative estimate of drug-likeness (QED) is 0.369. The van der Waals surface area contributed by atoms with Crippen molar-refractivity contribution in [3.8, 4) is 17.2 Å². The molecule has 9 heteroatoms. The lowest BCUT2D eigenvalue weighted by molar-refractivity contribution is -0.116. The topological polar surface area (TPSA) is 85.9 Å². The monoisotopic (exact) mass is 560 g/mol. The van der Waals surface area contributed by atoms with Crippen LogP contribution in [0.1, 0.15) is 42.7 Å². The van der Waals surface area contributed by atoms with Crippen molar-refractivity contribution in [2.75, 3.05) is 26.6 Å². The summed E-state index contributed by atoms with van der Waals surface area (Å²) in [6.45, 7) is 1.74. The average molecular weight is 561 g/mol. The second-order valence-electron chi connectivity index (χ2n) is 9.96. The van der Waals surface area contributed by atoms with Gasteiger partial charge in [-0.05, 0) is 54.7 Å². The molecule has 2 aliphatic rings. The first-order chi connectivity index (χ1) is 19.7. The summed E-state index contributed by atoms with van der Waals surface area (Å²) in [5.74, 6) is -2.21. The number of ether oxygens (including phenoxy) is 3. The number of amides is 1. The van der Waals surface area contributed by atoms with E-state index in [-0.39, 0.29) is 29.4 Å². The van der Waals surface area contributed by atoms with E-state index in [9.17, 15) is 18.4 Å². The first-order valence-corrected chi connectivity index (χ1v) is 13.1. The van der Waals surface area contributed by atoms with E-state index < -0.39 is 23.5 Å². The van der Waals surface area contributed by atoms with Crippen LogP contribution in [0.25, 0.3) is 0 Å². The fourth-order valence-corrected chi connectivity index (χ4v) is 5.68. The van der Waals surface area contributed by atoms with Crippen LogP contribution in [0, 0.1) is 11.6 Å². The van der Waals surface area contributed by atoms with Gasteiger partial charge in [-0.15, -0.1) is 0 Å². The Kier molecular flexibility index (Phi) is 7.79. The zero-order valence-electron chi connectivity index (χ0n) is 23.1. The Morgan fingerprint density at radius 3 is 2.20 bits per heavy atom. The lowest BCUT2D eigenvalue weighted by Gasteiger charge is -2.37. The maximum atomic E-state index is 14.5. The normalized spacial score (nSPS) is 18.4. The predicted molar refractivity (Wildman–Crippen MR) is 150 cm³/mol. The van der Waals surface area contributed by atoms with Crippen molar-refractivity contribution < 1.29 is 32.6 Å². The Morgan fingerprint density at radius 1 is 0.902 bits per heavy atom. The van der Waals surface area contributed by atoms with Crippen LogP contribution in [0.3, 0.4) is 0 Å². The highest BCUT2D eigenvalue weighted by Crippen LogP contribution is 2.49. The predicted octanol–water partition coefficient (Wildman–Crippen LogP) is 5.99. The van der Waals surface area contributed by atoms with Gasteiger partial charge in [0.15, 0.2) is 17.3 Å². The number of hydrogen-bond acceptors (Lipinski definition) is 6. The van der Waals surface area contributed by atoms with Crippen molar-refractivity contribution in [3.63, 3.8) is 0 Å². The molecule has 3 aromatic carbocycles. The van der Waals surface area contributed by atoms with Crippen LogP contribution in [-0.2, 0) is 9.59 Å². The van der Waals surface area contributed by atoms with E-state index in [0.29, 0.717) is 46.6 Å². The number of methoxy groups -OCH3 is 3. The first-order valence-electron chi connectivity index (χ1n) is 13.1. The van der Waals surface area contributed by atoms with Crippen molar-refractivity contribution in [2.45, 2.75) is 31.6 Å². The summed E-state index contributed by atoms with van der Waals surface area (Å²) in [5.41, 5.74) is 3.31. The maximum absolute atomic E-state index is 14.5. The van der Waals surface area contributed by atoms with Crippen molar-refractivity contribution in [1.82, 2.24) is 5.32 Å². The molecule has 0 saturated carbocycles. The number of dihydropyridines is 1. The minimum atomic E-state index is -0.913. The molecule has 41 heavy (non-hydrogen) atoms. The van der Waals surface area contributed by atoms with E-state index in [4.69, 9.17) is 14.2 Å². The number of allylic oxidation sites excluding steroid dienone is 3. The van der Waals surface area contributed by atoms with E-state index in [0.717, 1.165) is 23.4 Å². The lowest BCUT2D eigenvalue weighted by atomic mass is 9.71. The third-order valence-corrected chi connectivity index (χ3v) is 7.54. The Balaban J connectivity index is 1.65. The van der Waals surface area contributed by atoms with E-state index in [1.807, 2.05) is 30.3 Å². The van der Waals surface area contributed by atoms with Gasteiger partial charge in [-0.25, -0.2) is 8.78 Å². The molecule has 5 rings (SSSR count). The molecule has 0 aromatic heterocycles. The molecular formula is C32H30F2N2O5. The summed E-state index contributed by atoms with van der Waals surface area (Å²) >= 11 is 0. The summed E-state index contributed by atoms with van der Waals surface area (Å²) in [6, 6.07) is 16.1. The molecule has 0 radical (unpaired) electrons. The summed E-state index contributed by atoms with van der Waals surface area (Å²) in [5, 5.41) is 5.87. The maximum Gasteiger partial charge on any atom is 0.254 e. The third kappa shape index (κ3) is 5.27. The van der Waals surface area contributed by atoms with Crippen LogP contribution in [-0.4, -0.2) is 33.0 Å². The minimum Gasteiger partial charge on any atom is -0.493 e. The number of carbonyl (C=O) groups excluding carboxylic acids is 2. The van der Waals surface area contributed by atoms with E-state index in [1.165, 1.54) is 21.3 Å². The molecule has 1 aliphatic heterocycles. The molecule has 7 nitrogen and oxygen atoms in total. The van der Waals surface area contributed by atoms with Crippen LogP contribution < -0.4 is 24.8 Å². The molecule has 2 N–H and O–H groups in total. The Morgan fingerprint density at radius 2 is 1.59 bits per heavy atom. The SMILES string of the molecule is COc1cc(C2C(C(=O)Nc3ccc(F)cc3F)=C(C)NC3=C2C(=O)CC(c2ccccc2)C3)cc(OC)c1OC. The summed E-state index contributed by atoms with van der Waals surface area (Å²) in [7, 11) is 4.45. The number of rotatable bonds is 7. The van der Waals surface area contributed by atoms with Gasteiger partial charge in [0.2, 0.25) is 5.75 Å². The van der Waals surface area contributed by atoms with Gasteiger partial charge in [0.1, 0.15) is 11.6 Å². The number of anilines is 1. The molecule has 2 atom stereocenters. The Hall–Kier alpha value is -4.66. The number of hydrogen-bond donors (Lipinski definition) is 2. The van der Waals surface area contributed by atoms with Crippen LogP contribution in [0.15, 0.2) is 83.2 Å². The van der Waals surface area contributed by atoms with Crippen molar-refractivity contribution in [2.24, 2.45) is 0 Å². The number of carbonyl (C=O) groups is 2. The molecule has 1 heterocycles. The molecule has 2 unspecified atom stereocenters. The van der Waals surface area contributed by atoms with E-state index in [2.05, 4.69) is 10.6 Å². The van der Waals surface area contributed by atoms with Crippen molar-refractivity contribution in [1.29, 1.82) is 0 Å². The van der Waals surface area contributed by atoms with Gasteiger partial charge >= 0.3 is 0 Å². The lowest BCUT2D eigenvalue weighted by Crippen LogP contribution is -2.37. The number of halogens is 2. The number of Topliss-reactive ketones (excluding diaryl/α,β-unsaturated/α-hetero) is 1. The first kappa shape index (κ1) is 27.9. The average Bonchev–Trinajstić information content (AvgIpc) is 2.97. The fraction of sp³-hybridized carbons (Fsp3) is 0.250. The van der Waals surface area contributed by atoms with Crippen molar-refractivity contribution >= 4 is 17.4 Å². The van der Waals surface area contributed by atoms with Crippen molar-refractivity contribution in [3.05, 3.63) is 106 Å². The largest absolute Gasteiger partial charge is 0.493 e. The van der Waals surface area contributed by atoms with Gasteiger partial charge in [0, 0.05) is 40.9 Å². The number of nitrogens with one attached hydrogen (secondary N) is 2. The summed E-state index contributed by atoms with van der Waals surface area (Å²) in [4.78, 5) is 27.7. The second kappa shape index (κ2) is 11.4. The molecule has 212 valence electrons. The minimum absolute atomic E-state index is 0.0352. The van der Waals surface area contributed by atoms with Gasteiger partial charge in [0.25, 0.3) is 5.91 Å². The zero-order valence-corrected chi connectivity index (χ0v) is 23.1. The van der Waals surface area contributed by atoms with Crippen LogP contribution in [0.2, 0.25) is 0 Å². The number of benzene rings is 3. The molecule has 3 aromatic rings. The summed E-state index contributed by atoms with van der Waals surface area (Å²) in [6.07, 6.45) is 0.816. The summed E-state index contributed by atoms with van der Waals surface area (Å²) < 4.78 is 44.7. The second-order valence-corrected chi connectivity index (χ2v) is 9.96. The molecule has 1 aliphatic carbocycles. The molecule has 0 saturated heterocycles.